The molecule has 2 heterocycles. The average Bonchev–Trinajstić information content (AvgIpc) is 3.48. The van der Waals surface area contributed by atoms with Gasteiger partial charge in [-0.2, -0.15) is 0 Å². The predicted molar refractivity (Wildman–Crippen MR) is 106 cm³/mol. The van der Waals surface area contributed by atoms with Gasteiger partial charge in [-0.1, -0.05) is 36.4 Å². The van der Waals surface area contributed by atoms with Gasteiger partial charge in [-0.15, -0.1) is 5.10 Å². The SMILES string of the molecule is O=C(CNc1cccc(-c2nnnn2C2CC2)c1)N1CCc2ccccc2C1. The van der Waals surface area contributed by atoms with Gasteiger partial charge in [-0.25, -0.2) is 4.68 Å². The topological polar surface area (TPSA) is 75.9 Å². The third-order valence-electron chi connectivity index (χ3n) is 5.43. The van der Waals surface area contributed by atoms with Crippen molar-refractivity contribution >= 4 is 11.6 Å². The summed E-state index contributed by atoms with van der Waals surface area (Å²) in [6, 6.07) is 16.7. The molecule has 7 heteroatoms. The Morgan fingerprint density at radius 1 is 1.11 bits per heavy atom. The van der Waals surface area contributed by atoms with Crippen molar-refractivity contribution in [3.05, 3.63) is 59.7 Å². The van der Waals surface area contributed by atoms with Crippen LogP contribution in [0.4, 0.5) is 5.69 Å². The van der Waals surface area contributed by atoms with Crippen LogP contribution in [-0.2, 0) is 17.8 Å². The quantitative estimate of drug-likeness (QED) is 0.743. The highest BCUT2D eigenvalue weighted by atomic mass is 16.2. The number of fused-ring (bicyclic) bond motifs is 1. The van der Waals surface area contributed by atoms with E-state index in [1.54, 1.807) is 0 Å². The van der Waals surface area contributed by atoms with Crippen LogP contribution >= 0.6 is 0 Å². The minimum Gasteiger partial charge on any atom is -0.376 e. The molecular formula is C21H22N6O. The summed E-state index contributed by atoms with van der Waals surface area (Å²) in [6.07, 6.45) is 3.17. The molecule has 0 saturated heterocycles. The van der Waals surface area contributed by atoms with Crippen molar-refractivity contribution in [1.29, 1.82) is 0 Å². The standard InChI is InChI=1S/C21H22N6O/c28-20(26-11-10-15-4-1-2-5-17(15)14-26)13-22-18-7-3-6-16(12-18)21-23-24-25-27(21)19-8-9-19/h1-7,12,19,22H,8-11,13-14H2. The molecule has 142 valence electrons. The highest BCUT2D eigenvalue weighted by Crippen LogP contribution is 2.36. The molecule has 1 saturated carbocycles. The first-order chi connectivity index (χ1) is 13.8. The van der Waals surface area contributed by atoms with E-state index in [9.17, 15) is 4.79 Å². The molecule has 0 bridgehead atoms. The second-order valence-corrected chi connectivity index (χ2v) is 7.45. The van der Waals surface area contributed by atoms with E-state index in [4.69, 9.17) is 0 Å². The lowest BCUT2D eigenvalue weighted by atomic mass is 10.00. The Balaban J connectivity index is 1.25. The summed E-state index contributed by atoms with van der Waals surface area (Å²) in [4.78, 5) is 14.6. The summed E-state index contributed by atoms with van der Waals surface area (Å²) in [5.74, 6) is 0.896. The Kier molecular flexibility index (Phi) is 4.27. The number of nitrogens with zero attached hydrogens (tertiary/aromatic N) is 5. The van der Waals surface area contributed by atoms with Gasteiger partial charge in [-0.3, -0.25) is 4.79 Å². The highest BCUT2D eigenvalue weighted by Gasteiger charge is 2.28. The second kappa shape index (κ2) is 7.07. The number of hydrogen-bond donors (Lipinski definition) is 1. The zero-order valence-electron chi connectivity index (χ0n) is 15.6. The van der Waals surface area contributed by atoms with Gasteiger partial charge in [0.05, 0.1) is 12.6 Å². The average molecular weight is 374 g/mol. The molecule has 28 heavy (non-hydrogen) atoms. The minimum absolute atomic E-state index is 0.114. The number of benzene rings is 2. The lowest BCUT2D eigenvalue weighted by Gasteiger charge is -2.29. The molecule has 0 radical (unpaired) electrons. The molecule has 1 aliphatic heterocycles. The largest absolute Gasteiger partial charge is 0.376 e. The van der Waals surface area contributed by atoms with Gasteiger partial charge < -0.3 is 10.2 Å². The van der Waals surface area contributed by atoms with Gasteiger partial charge in [0.25, 0.3) is 0 Å². The summed E-state index contributed by atoms with van der Waals surface area (Å²) in [5.41, 5.74) is 4.45. The molecule has 0 atom stereocenters. The van der Waals surface area contributed by atoms with E-state index in [0.717, 1.165) is 42.9 Å². The van der Waals surface area contributed by atoms with Crippen molar-refractivity contribution in [2.45, 2.75) is 31.8 Å². The fourth-order valence-electron chi connectivity index (χ4n) is 3.72. The summed E-state index contributed by atoms with van der Waals surface area (Å²) in [7, 11) is 0. The lowest BCUT2D eigenvalue weighted by Crippen LogP contribution is -2.39. The van der Waals surface area contributed by atoms with Gasteiger partial charge in [0.1, 0.15) is 0 Å². The third-order valence-corrected chi connectivity index (χ3v) is 5.43. The molecule has 2 aliphatic rings. The molecule has 1 aliphatic carbocycles. The second-order valence-electron chi connectivity index (χ2n) is 7.45. The lowest BCUT2D eigenvalue weighted by molar-refractivity contribution is -0.130. The van der Waals surface area contributed by atoms with E-state index in [2.05, 4.69) is 39.0 Å². The monoisotopic (exact) mass is 374 g/mol. The van der Waals surface area contributed by atoms with E-state index in [0.29, 0.717) is 12.6 Å². The third kappa shape index (κ3) is 3.35. The Labute approximate surface area is 163 Å². The van der Waals surface area contributed by atoms with Crippen LogP contribution in [0.3, 0.4) is 0 Å². The number of carbonyl (C=O) groups is 1. The van der Waals surface area contributed by atoms with Crippen molar-refractivity contribution in [1.82, 2.24) is 25.1 Å². The molecule has 1 aromatic heterocycles. The normalized spacial score (nSPS) is 15.9. The maximum atomic E-state index is 12.7. The summed E-state index contributed by atoms with van der Waals surface area (Å²) in [5, 5.41) is 15.4. The maximum absolute atomic E-state index is 12.7. The first-order valence-corrected chi connectivity index (χ1v) is 9.75. The van der Waals surface area contributed by atoms with Crippen LogP contribution in [0.2, 0.25) is 0 Å². The van der Waals surface area contributed by atoms with Crippen LogP contribution in [-0.4, -0.2) is 44.1 Å². The smallest absolute Gasteiger partial charge is 0.242 e. The molecule has 1 fully saturated rings. The number of nitrogens with one attached hydrogen (secondary N) is 1. The van der Waals surface area contributed by atoms with E-state index in [1.165, 1.54) is 11.1 Å². The van der Waals surface area contributed by atoms with Crippen molar-refractivity contribution in [3.63, 3.8) is 0 Å². The van der Waals surface area contributed by atoms with E-state index < -0.39 is 0 Å². The van der Waals surface area contributed by atoms with Gasteiger partial charge >= 0.3 is 0 Å². The van der Waals surface area contributed by atoms with Crippen molar-refractivity contribution in [2.75, 3.05) is 18.4 Å². The molecular weight excluding hydrogens is 352 g/mol. The molecule has 5 rings (SSSR count). The predicted octanol–water partition coefficient (Wildman–Crippen LogP) is 2.67. The fourth-order valence-corrected chi connectivity index (χ4v) is 3.72. The summed E-state index contributed by atoms with van der Waals surface area (Å²) >= 11 is 0. The number of anilines is 1. The zero-order valence-corrected chi connectivity index (χ0v) is 15.6. The maximum Gasteiger partial charge on any atom is 0.242 e. The minimum atomic E-state index is 0.114. The molecule has 1 N–H and O–H groups in total. The van der Waals surface area contributed by atoms with Gasteiger partial charge in [0.15, 0.2) is 5.82 Å². The van der Waals surface area contributed by atoms with Crippen molar-refractivity contribution in [3.8, 4) is 11.4 Å². The number of hydrogen-bond acceptors (Lipinski definition) is 5. The first-order valence-electron chi connectivity index (χ1n) is 9.75. The molecule has 2 aromatic carbocycles. The number of amides is 1. The van der Waals surface area contributed by atoms with Gasteiger partial charge in [0, 0.05) is 24.3 Å². The Bertz CT molecular complexity index is 1010. The van der Waals surface area contributed by atoms with Crippen molar-refractivity contribution in [2.24, 2.45) is 0 Å². The zero-order chi connectivity index (χ0) is 18.9. The molecule has 3 aromatic rings. The Morgan fingerprint density at radius 3 is 2.82 bits per heavy atom. The van der Waals surface area contributed by atoms with Crippen LogP contribution < -0.4 is 5.32 Å². The van der Waals surface area contributed by atoms with Crippen LogP contribution in [0.1, 0.15) is 30.0 Å². The molecule has 0 spiro atoms. The van der Waals surface area contributed by atoms with E-state index >= 15 is 0 Å². The number of tetrazole rings is 1. The number of carbonyl (C=O) groups excluding carboxylic acids is 1. The van der Waals surface area contributed by atoms with Crippen LogP contribution in [0.5, 0.6) is 0 Å². The number of rotatable bonds is 5. The van der Waals surface area contributed by atoms with E-state index in [-0.39, 0.29) is 12.5 Å². The summed E-state index contributed by atoms with van der Waals surface area (Å²) in [6.45, 7) is 1.74. The Hall–Kier alpha value is -3.22. The highest BCUT2D eigenvalue weighted by molar-refractivity contribution is 5.81. The first kappa shape index (κ1) is 16.9. The van der Waals surface area contributed by atoms with Crippen LogP contribution in [0.15, 0.2) is 48.5 Å². The molecule has 0 unspecified atom stereocenters. The van der Waals surface area contributed by atoms with Crippen molar-refractivity contribution < 1.29 is 4.79 Å². The number of aromatic nitrogens is 4. The fraction of sp³-hybridized carbons (Fsp3) is 0.333. The van der Waals surface area contributed by atoms with Gasteiger partial charge in [0.2, 0.25) is 5.91 Å². The summed E-state index contributed by atoms with van der Waals surface area (Å²) < 4.78 is 1.90. The Morgan fingerprint density at radius 2 is 1.96 bits per heavy atom. The molecule has 1 amide bonds. The van der Waals surface area contributed by atoms with Crippen LogP contribution in [0, 0.1) is 0 Å². The molecule has 7 nitrogen and oxygen atoms in total. The van der Waals surface area contributed by atoms with Gasteiger partial charge in [-0.05, 0) is 52.9 Å². The van der Waals surface area contributed by atoms with E-state index in [1.807, 2.05) is 39.9 Å². The van der Waals surface area contributed by atoms with Crippen LogP contribution in [0.25, 0.3) is 11.4 Å².